The molecule has 0 bridgehead atoms. The van der Waals surface area contributed by atoms with Gasteiger partial charge in [0.2, 0.25) is 0 Å². The molecule has 1 saturated carbocycles. The Kier molecular flexibility index (Phi) is 14.1. The van der Waals surface area contributed by atoms with Gasteiger partial charge in [0.05, 0.1) is 6.10 Å². The van der Waals surface area contributed by atoms with Crippen LogP contribution in [0.25, 0.3) is 0 Å². The molecule has 3 heterocycles. The number of carboxylic acids is 3. The van der Waals surface area contributed by atoms with Crippen molar-refractivity contribution >= 4 is 17.9 Å². The first-order valence-corrected chi connectivity index (χ1v) is 12.4. The molecular weight excluding hydrogens is 613 g/mol. The number of methoxy groups -OCH3 is 1. The number of likely N-dealkylation sites (tertiary alicyclic amines) is 2. The van der Waals surface area contributed by atoms with E-state index in [1.54, 1.807) is 0 Å². The summed E-state index contributed by atoms with van der Waals surface area (Å²) in [6.07, 6.45) is -6.91. The number of halogens is 9. The fourth-order valence-corrected chi connectivity index (χ4v) is 4.35. The molecule has 10 nitrogen and oxygen atoms in total. The summed E-state index contributed by atoms with van der Waals surface area (Å²) in [5, 5.41) is 21.4. The normalized spacial score (nSPS) is 22.4. The first-order valence-electron chi connectivity index (χ1n) is 12.4. The number of aromatic nitrogens is 1. The lowest BCUT2D eigenvalue weighted by atomic mass is 9.89. The van der Waals surface area contributed by atoms with Crippen molar-refractivity contribution in [2.24, 2.45) is 11.8 Å². The molecule has 0 unspecified atom stereocenters. The smallest absolute Gasteiger partial charge is 0.475 e. The summed E-state index contributed by atoms with van der Waals surface area (Å²) in [6.45, 7) is 5.95. The highest BCUT2D eigenvalue weighted by atomic mass is 19.4. The molecule has 1 aromatic heterocycles. The average Bonchev–Trinajstić information content (AvgIpc) is 3.60. The maximum absolute atomic E-state index is 10.6. The van der Waals surface area contributed by atoms with Crippen LogP contribution in [0.4, 0.5) is 39.5 Å². The average molecular weight is 644 g/mol. The van der Waals surface area contributed by atoms with Gasteiger partial charge in [-0.3, -0.25) is 14.8 Å². The Morgan fingerprint density at radius 2 is 1.28 bits per heavy atom. The molecule has 3 aliphatic rings. The molecule has 0 aromatic carbocycles. The van der Waals surface area contributed by atoms with Gasteiger partial charge in [-0.15, -0.1) is 0 Å². The second kappa shape index (κ2) is 16.0. The number of ether oxygens (including phenoxy) is 1. The third-order valence-corrected chi connectivity index (χ3v) is 6.43. The van der Waals surface area contributed by atoms with E-state index in [1.807, 2.05) is 19.5 Å². The number of alkyl halides is 9. The summed E-state index contributed by atoms with van der Waals surface area (Å²) in [5.41, 5.74) is 1.37. The van der Waals surface area contributed by atoms with Crippen LogP contribution in [0.5, 0.6) is 0 Å². The number of pyridine rings is 1. The Morgan fingerprint density at radius 3 is 1.65 bits per heavy atom. The number of carboxylic acid groups (broad SMARTS) is 3. The monoisotopic (exact) mass is 643 g/mol. The van der Waals surface area contributed by atoms with Crippen molar-refractivity contribution in [3.63, 3.8) is 0 Å². The number of carbonyl (C=O) groups is 3. The third kappa shape index (κ3) is 14.2. The predicted octanol–water partition coefficient (Wildman–Crippen LogP) is 3.91. The minimum absolute atomic E-state index is 0.447. The number of hydrogen-bond acceptors (Lipinski definition) is 7. The molecule has 2 saturated heterocycles. The van der Waals surface area contributed by atoms with Crippen molar-refractivity contribution in [2.45, 2.75) is 56.5 Å². The molecule has 246 valence electrons. The minimum Gasteiger partial charge on any atom is -0.475 e. The lowest BCUT2D eigenvalue weighted by Crippen LogP contribution is -2.51. The fourth-order valence-electron chi connectivity index (χ4n) is 4.35. The second-order valence-electron chi connectivity index (χ2n) is 9.69. The quantitative estimate of drug-likeness (QED) is 0.405. The summed E-state index contributed by atoms with van der Waals surface area (Å²) < 4.78 is 101. The number of piperidine rings is 1. The maximum atomic E-state index is 10.6. The van der Waals surface area contributed by atoms with Crippen molar-refractivity contribution in [1.82, 2.24) is 14.8 Å². The Hall–Kier alpha value is -3.19. The van der Waals surface area contributed by atoms with Crippen molar-refractivity contribution in [3.8, 4) is 0 Å². The molecule has 0 spiro atoms. The number of fused-ring (bicyclic) bond motifs is 1. The van der Waals surface area contributed by atoms with Crippen LogP contribution in [-0.2, 0) is 25.7 Å². The van der Waals surface area contributed by atoms with E-state index in [1.165, 1.54) is 51.0 Å². The topological polar surface area (TPSA) is 140 Å². The van der Waals surface area contributed by atoms with E-state index in [-0.39, 0.29) is 0 Å². The van der Waals surface area contributed by atoms with Gasteiger partial charge in [0.15, 0.2) is 0 Å². The van der Waals surface area contributed by atoms with E-state index in [2.05, 4.69) is 26.9 Å². The standard InChI is InChI=1S/C18H27N3O.3C2HF3O2/c1-22-18-6-9-21(11-14-2-3-14)17-13-20(12-16(17)18)10-15-4-7-19-8-5-15;3*3-2(4,5)1(6)7/h4-5,7-8,14,16-18H,2-3,6,9-13H2,1H3;3*(H,6,7)/t16-,17+,18+;;;/m0.../s1. The third-order valence-electron chi connectivity index (χ3n) is 6.43. The van der Waals surface area contributed by atoms with Gasteiger partial charge >= 0.3 is 36.4 Å². The Morgan fingerprint density at radius 1 is 0.837 bits per heavy atom. The summed E-state index contributed by atoms with van der Waals surface area (Å²) in [5.74, 6) is -6.61. The van der Waals surface area contributed by atoms with Gasteiger partial charge in [0.25, 0.3) is 0 Å². The SMILES string of the molecule is CO[C@@H]1CCN(CC2CC2)[C@@H]2CN(Cc3ccncc3)C[C@@H]21.O=C(O)C(F)(F)F.O=C(O)C(F)(F)F.O=C(O)C(F)(F)F. The van der Waals surface area contributed by atoms with Crippen LogP contribution in [0.3, 0.4) is 0 Å². The molecule has 19 heteroatoms. The summed E-state index contributed by atoms with van der Waals surface area (Å²) >= 11 is 0. The molecule has 0 amide bonds. The maximum Gasteiger partial charge on any atom is 0.490 e. The molecular formula is C24H30F9N3O7. The Bertz CT molecular complexity index is 979. The first-order chi connectivity index (χ1) is 19.7. The highest BCUT2D eigenvalue weighted by Gasteiger charge is 2.45. The highest BCUT2D eigenvalue weighted by molar-refractivity contribution is 5.73. The zero-order valence-electron chi connectivity index (χ0n) is 22.5. The van der Waals surface area contributed by atoms with Gasteiger partial charge in [-0.1, -0.05) is 0 Å². The van der Waals surface area contributed by atoms with Crippen LogP contribution >= 0.6 is 0 Å². The molecule has 3 fully saturated rings. The summed E-state index contributed by atoms with van der Waals surface area (Å²) in [4.78, 5) is 36.2. The van der Waals surface area contributed by atoms with Crippen molar-refractivity contribution in [2.75, 3.05) is 33.3 Å². The number of hydrogen-bond donors (Lipinski definition) is 3. The summed E-state index contributed by atoms with van der Waals surface area (Å²) in [6, 6.07) is 4.97. The largest absolute Gasteiger partial charge is 0.490 e. The number of aliphatic carboxylic acids is 3. The Balaban J connectivity index is 0.000000363. The van der Waals surface area contributed by atoms with E-state index in [4.69, 9.17) is 34.4 Å². The lowest BCUT2D eigenvalue weighted by molar-refractivity contribution is -0.193. The molecule has 1 aromatic rings. The molecule has 4 rings (SSSR count). The zero-order valence-corrected chi connectivity index (χ0v) is 22.5. The Labute approximate surface area is 239 Å². The van der Waals surface area contributed by atoms with Gasteiger partial charge in [0, 0.05) is 64.2 Å². The van der Waals surface area contributed by atoms with Crippen LogP contribution in [0, 0.1) is 11.8 Å². The van der Waals surface area contributed by atoms with Crippen LogP contribution in [0.15, 0.2) is 24.5 Å². The fraction of sp³-hybridized carbons (Fsp3) is 0.667. The predicted molar refractivity (Wildman–Crippen MR) is 128 cm³/mol. The van der Waals surface area contributed by atoms with Gasteiger partial charge in [0.1, 0.15) is 0 Å². The van der Waals surface area contributed by atoms with Gasteiger partial charge in [-0.2, -0.15) is 39.5 Å². The molecule has 3 N–H and O–H groups in total. The molecule has 2 aliphatic heterocycles. The highest BCUT2D eigenvalue weighted by Crippen LogP contribution is 2.37. The van der Waals surface area contributed by atoms with Crippen LogP contribution < -0.4 is 0 Å². The minimum atomic E-state index is -5.08. The van der Waals surface area contributed by atoms with Gasteiger partial charge in [-0.05, 0) is 42.9 Å². The van der Waals surface area contributed by atoms with E-state index < -0.39 is 36.4 Å². The van der Waals surface area contributed by atoms with Gasteiger partial charge < -0.3 is 20.1 Å². The van der Waals surface area contributed by atoms with Crippen LogP contribution in [0.1, 0.15) is 24.8 Å². The van der Waals surface area contributed by atoms with Crippen molar-refractivity contribution in [3.05, 3.63) is 30.1 Å². The van der Waals surface area contributed by atoms with Gasteiger partial charge in [-0.25, -0.2) is 14.4 Å². The van der Waals surface area contributed by atoms with Crippen LogP contribution in [-0.4, -0.2) is 112 Å². The zero-order chi connectivity index (χ0) is 33.2. The van der Waals surface area contributed by atoms with E-state index in [9.17, 15) is 39.5 Å². The van der Waals surface area contributed by atoms with Crippen LogP contribution in [0.2, 0.25) is 0 Å². The second-order valence-corrected chi connectivity index (χ2v) is 9.69. The molecule has 0 radical (unpaired) electrons. The summed E-state index contributed by atoms with van der Waals surface area (Å²) in [7, 11) is 1.89. The van der Waals surface area contributed by atoms with Crippen molar-refractivity contribution < 1.29 is 74.0 Å². The van der Waals surface area contributed by atoms with Crippen molar-refractivity contribution in [1.29, 1.82) is 0 Å². The number of rotatable bonds is 5. The first kappa shape index (κ1) is 37.8. The van der Waals surface area contributed by atoms with E-state index in [0.29, 0.717) is 18.1 Å². The number of nitrogens with zero attached hydrogens (tertiary/aromatic N) is 3. The molecule has 43 heavy (non-hydrogen) atoms. The lowest BCUT2D eigenvalue weighted by Gasteiger charge is -2.41. The van der Waals surface area contributed by atoms with E-state index in [0.717, 1.165) is 12.5 Å². The molecule has 1 aliphatic carbocycles. The molecule has 3 atom stereocenters. The van der Waals surface area contributed by atoms with E-state index >= 15 is 0 Å².